The summed E-state index contributed by atoms with van der Waals surface area (Å²) in [7, 11) is 1.86. The zero-order chi connectivity index (χ0) is 16.4. The molecule has 23 heavy (non-hydrogen) atoms. The third-order valence-electron chi connectivity index (χ3n) is 4.32. The van der Waals surface area contributed by atoms with Gasteiger partial charge in [0.05, 0.1) is 18.7 Å². The molecule has 1 unspecified atom stereocenters. The molecule has 6 heteroatoms. The quantitative estimate of drug-likeness (QED) is 0.861. The second kappa shape index (κ2) is 6.71. The lowest BCUT2D eigenvalue weighted by Crippen LogP contribution is -2.39. The fourth-order valence-corrected chi connectivity index (χ4v) is 3.37. The predicted octanol–water partition coefficient (Wildman–Crippen LogP) is 3.51. The van der Waals surface area contributed by atoms with Gasteiger partial charge in [-0.3, -0.25) is 9.48 Å². The van der Waals surface area contributed by atoms with Gasteiger partial charge in [0.25, 0.3) is 0 Å². The maximum absolute atomic E-state index is 13.9. The maximum atomic E-state index is 13.9. The van der Waals surface area contributed by atoms with Crippen LogP contribution in [0, 0.1) is 5.82 Å². The van der Waals surface area contributed by atoms with E-state index >= 15 is 0 Å². The highest BCUT2D eigenvalue weighted by molar-refractivity contribution is 6.31. The van der Waals surface area contributed by atoms with E-state index in [2.05, 4.69) is 5.10 Å². The molecule has 0 N–H and O–H groups in total. The molecule has 0 spiro atoms. The minimum Gasteiger partial charge on any atom is -0.335 e. The van der Waals surface area contributed by atoms with Gasteiger partial charge in [-0.1, -0.05) is 17.7 Å². The lowest BCUT2D eigenvalue weighted by atomic mass is 9.96. The van der Waals surface area contributed by atoms with Crippen LogP contribution >= 0.6 is 11.6 Å². The molecule has 0 bridgehead atoms. The number of likely N-dealkylation sites (tertiary alicyclic amines) is 1. The largest absolute Gasteiger partial charge is 0.335 e. The molecule has 1 aliphatic rings. The Morgan fingerprint density at radius 2 is 2.26 bits per heavy atom. The van der Waals surface area contributed by atoms with Gasteiger partial charge < -0.3 is 4.90 Å². The van der Waals surface area contributed by atoms with Crippen LogP contribution in [-0.4, -0.2) is 27.1 Å². The molecule has 122 valence electrons. The number of rotatable bonds is 3. The Morgan fingerprint density at radius 3 is 2.96 bits per heavy atom. The van der Waals surface area contributed by atoms with Crippen LogP contribution in [0.3, 0.4) is 0 Å². The summed E-state index contributed by atoms with van der Waals surface area (Å²) in [6.45, 7) is 0.685. The van der Waals surface area contributed by atoms with Crippen LogP contribution in [0.2, 0.25) is 5.02 Å². The molecule has 4 nitrogen and oxygen atoms in total. The van der Waals surface area contributed by atoms with Crippen molar-refractivity contribution in [2.75, 3.05) is 6.54 Å². The van der Waals surface area contributed by atoms with Crippen LogP contribution in [0.1, 0.15) is 36.4 Å². The summed E-state index contributed by atoms with van der Waals surface area (Å²) >= 11 is 6.05. The third-order valence-corrected chi connectivity index (χ3v) is 4.68. The molecule has 2 aromatic rings. The van der Waals surface area contributed by atoms with Gasteiger partial charge in [0.1, 0.15) is 5.82 Å². The molecule has 3 rings (SSSR count). The van der Waals surface area contributed by atoms with Crippen LogP contribution in [-0.2, 0) is 18.3 Å². The van der Waals surface area contributed by atoms with Crippen molar-refractivity contribution in [3.63, 3.8) is 0 Å². The molecular weight excluding hydrogens is 317 g/mol. The Balaban J connectivity index is 1.82. The Kier molecular flexibility index (Phi) is 4.66. The number of halogens is 2. The van der Waals surface area contributed by atoms with Gasteiger partial charge in [-0.15, -0.1) is 0 Å². The molecule has 1 aliphatic heterocycles. The van der Waals surface area contributed by atoms with E-state index in [1.807, 2.05) is 18.1 Å². The van der Waals surface area contributed by atoms with Gasteiger partial charge in [-0.25, -0.2) is 4.39 Å². The van der Waals surface area contributed by atoms with Crippen LogP contribution in [0.5, 0.6) is 0 Å². The van der Waals surface area contributed by atoms with Crippen LogP contribution in [0.4, 0.5) is 4.39 Å². The summed E-state index contributed by atoms with van der Waals surface area (Å²) < 4.78 is 15.7. The maximum Gasteiger partial charge on any atom is 0.227 e. The number of aryl methyl sites for hydroxylation is 1. The van der Waals surface area contributed by atoms with Crippen molar-refractivity contribution in [1.29, 1.82) is 0 Å². The molecular formula is C17H19ClFN3O. The van der Waals surface area contributed by atoms with Crippen LogP contribution < -0.4 is 0 Å². The molecule has 0 aliphatic carbocycles. The average molecular weight is 336 g/mol. The summed E-state index contributed by atoms with van der Waals surface area (Å²) in [5.41, 5.74) is 1.30. The SMILES string of the molecule is Cn1cc(C2CCCCN2C(=O)Cc2c(F)cccc2Cl)cn1. The first kappa shape index (κ1) is 16.0. The molecule has 0 saturated carbocycles. The monoisotopic (exact) mass is 335 g/mol. The number of aromatic nitrogens is 2. The summed E-state index contributed by atoms with van der Waals surface area (Å²) in [6, 6.07) is 4.51. The van der Waals surface area contributed by atoms with E-state index < -0.39 is 5.82 Å². The molecule has 1 fully saturated rings. The number of carbonyl (C=O) groups excluding carboxylic acids is 1. The lowest BCUT2D eigenvalue weighted by molar-refractivity contribution is -0.134. The number of benzene rings is 1. The minimum atomic E-state index is -0.430. The van der Waals surface area contributed by atoms with E-state index in [4.69, 9.17) is 11.6 Å². The van der Waals surface area contributed by atoms with E-state index in [0.29, 0.717) is 11.6 Å². The first-order valence-electron chi connectivity index (χ1n) is 7.77. The van der Waals surface area contributed by atoms with Crippen molar-refractivity contribution in [2.45, 2.75) is 31.7 Å². The topological polar surface area (TPSA) is 38.1 Å². The van der Waals surface area contributed by atoms with Crippen molar-refractivity contribution in [2.24, 2.45) is 7.05 Å². The van der Waals surface area contributed by atoms with Gasteiger partial charge in [0.2, 0.25) is 5.91 Å². The van der Waals surface area contributed by atoms with E-state index in [-0.39, 0.29) is 23.9 Å². The number of amides is 1. The fraction of sp³-hybridized carbons (Fsp3) is 0.412. The molecule has 1 amide bonds. The summed E-state index contributed by atoms with van der Waals surface area (Å²) in [6.07, 6.45) is 6.67. The van der Waals surface area contributed by atoms with Gasteiger partial charge in [0.15, 0.2) is 0 Å². The van der Waals surface area contributed by atoms with Gasteiger partial charge in [0, 0.05) is 35.9 Å². The van der Waals surface area contributed by atoms with E-state index in [1.54, 1.807) is 23.0 Å². The van der Waals surface area contributed by atoms with E-state index in [9.17, 15) is 9.18 Å². The summed E-state index contributed by atoms with van der Waals surface area (Å²) in [5, 5.41) is 4.49. The molecule has 1 aromatic carbocycles. The number of nitrogens with zero attached hydrogens (tertiary/aromatic N) is 3. The summed E-state index contributed by atoms with van der Waals surface area (Å²) in [4.78, 5) is 14.6. The predicted molar refractivity (Wildman–Crippen MR) is 86.6 cm³/mol. The van der Waals surface area contributed by atoms with Crippen molar-refractivity contribution in [1.82, 2.24) is 14.7 Å². The minimum absolute atomic E-state index is 0.00972. The van der Waals surface area contributed by atoms with Crippen LogP contribution in [0.15, 0.2) is 30.6 Å². The van der Waals surface area contributed by atoms with Crippen molar-refractivity contribution in [3.8, 4) is 0 Å². The van der Waals surface area contributed by atoms with E-state index in [0.717, 1.165) is 24.8 Å². The van der Waals surface area contributed by atoms with Gasteiger partial charge in [-0.05, 0) is 31.4 Å². The molecule has 1 saturated heterocycles. The molecule has 1 atom stereocenters. The Morgan fingerprint density at radius 1 is 1.43 bits per heavy atom. The molecule has 1 aromatic heterocycles. The first-order valence-corrected chi connectivity index (χ1v) is 8.15. The summed E-state index contributed by atoms with van der Waals surface area (Å²) in [5.74, 6) is -0.522. The third kappa shape index (κ3) is 3.39. The smallest absolute Gasteiger partial charge is 0.227 e. The fourth-order valence-electron chi connectivity index (χ4n) is 3.14. The van der Waals surface area contributed by atoms with Crippen molar-refractivity contribution < 1.29 is 9.18 Å². The molecule has 0 radical (unpaired) electrons. The zero-order valence-corrected chi connectivity index (χ0v) is 13.8. The lowest BCUT2D eigenvalue weighted by Gasteiger charge is -2.35. The molecule has 2 heterocycles. The first-order chi connectivity index (χ1) is 11.1. The number of hydrogen-bond donors (Lipinski definition) is 0. The van der Waals surface area contributed by atoms with Crippen LogP contribution in [0.25, 0.3) is 0 Å². The number of hydrogen-bond acceptors (Lipinski definition) is 2. The second-order valence-electron chi connectivity index (χ2n) is 5.92. The van der Waals surface area contributed by atoms with Gasteiger partial charge >= 0.3 is 0 Å². The normalized spacial score (nSPS) is 18.2. The second-order valence-corrected chi connectivity index (χ2v) is 6.33. The highest BCUT2D eigenvalue weighted by atomic mass is 35.5. The van der Waals surface area contributed by atoms with E-state index in [1.165, 1.54) is 6.07 Å². The Labute approximate surface area is 139 Å². The zero-order valence-electron chi connectivity index (χ0n) is 13.0. The Bertz CT molecular complexity index is 695. The highest BCUT2D eigenvalue weighted by Gasteiger charge is 2.29. The highest BCUT2D eigenvalue weighted by Crippen LogP contribution is 2.31. The van der Waals surface area contributed by atoms with Gasteiger partial charge in [-0.2, -0.15) is 5.10 Å². The number of carbonyl (C=O) groups is 1. The average Bonchev–Trinajstić information content (AvgIpc) is 2.97. The standard InChI is InChI=1S/C17H19ClFN3O/c1-21-11-12(10-20-21)16-7-2-3-8-22(16)17(23)9-13-14(18)5-4-6-15(13)19/h4-6,10-11,16H,2-3,7-9H2,1H3. The Hall–Kier alpha value is -1.88. The van der Waals surface area contributed by atoms with Crippen molar-refractivity contribution in [3.05, 3.63) is 52.6 Å². The van der Waals surface area contributed by atoms with Crippen molar-refractivity contribution >= 4 is 17.5 Å². The number of piperidine rings is 1.